The Kier molecular flexibility index (Phi) is 6.32. The average Bonchev–Trinajstić information content (AvgIpc) is 2.97. The van der Waals surface area contributed by atoms with Crippen molar-refractivity contribution >= 4 is 10.0 Å². The van der Waals surface area contributed by atoms with Crippen molar-refractivity contribution in [2.45, 2.75) is 49.0 Å². The number of hydrogen-bond acceptors (Lipinski definition) is 6. The molecular formula is C18H28N2O5S. The summed E-state index contributed by atoms with van der Waals surface area (Å²) in [6.45, 7) is 3.66. The van der Waals surface area contributed by atoms with E-state index in [-0.39, 0.29) is 24.1 Å². The van der Waals surface area contributed by atoms with Crippen LogP contribution < -0.4 is 4.72 Å². The van der Waals surface area contributed by atoms with Gasteiger partial charge in [0, 0.05) is 6.54 Å². The Morgan fingerprint density at radius 2 is 1.85 bits per heavy atom. The minimum atomic E-state index is -3.65. The number of aliphatic hydroxyl groups is 2. The number of piperidine rings is 1. The van der Waals surface area contributed by atoms with Crippen LogP contribution in [0.5, 0.6) is 0 Å². The van der Waals surface area contributed by atoms with E-state index in [4.69, 9.17) is 4.74 Å². The molecule has 0 aromatic heterocycles. The van der Waals surface area contributed by atoms with Gasteiger partial charge in [-0.15, -0.1) is 0 Å². The smallest absolute Gasteiger partial charge is 0.240 e. The molecule has 26 heavy (non-hydrogen) atoms. The van der Waals surface area contributed by atoms with Gasteiger partial charge in [-0.05, 0) is 44.0 Å². The first kappa shape index (κ1) is 19.7. The lowest BCUT2D eigenvalue weighted by Crippen LogP contribution is -2.53. The molecule has 0 spiro atoms. The van der Waals surface area contributed by atoms with Crippen molar-refractivity contribution in [1.29, 1.82) is 0 Å². The number of nitrogens with one attached hydrogen (secondary N) is 1. The summed E-state index contributed by atoms with van der Waals surface area (Å²) in [4.78, 5) is 2.36. The van der Waals surface area contributed by atoms with Gasteiger partial charge in [-0.25, -0.2) is 13.1 Å². The van der Waals surface area contributed by atoms with Crippen LogP contribution >= 0.6 is 0 Å². The van der Waals surface area contributed by atoms with Crippen LogP contribution in [-0.4, -0.2) is 74.1 Å². The highest BCUT2D eigenvalue weighted by atomic mass is 32.2. The molecule has 0 radical (unpaired) electrons. The van der Waals surface area contributed by atoms with Gasteiger partial charge >= 0.3 is 0 Å². The van der Waals surface area contributed by atoms with E-state index in [1.54, 1.807) is 18.2 Å². The first-order valence-corrected chi connectivity index (χ1v) is 10.6. The SMILES string of the molecule is CC1CCN(C2C(CNS(=O)(=O)c3ccccc3)OC(CO)C2O)CC1. The maximum Gasteiger partial charge on any atom is 0.240 e. The molecule has 0 saturated carbocycles. The molecule has 7 nitrogen and oxygen atoms in total. The molecule has 2 fully saturated rings. The maximum atomic E-state index is 12.5. The summed E-state index contributed by atoms with van der Waals surface area (Å²) in [5.41, 5.74) is 0. The lowest BCUT2D eigenvalue weighted by atomic mass is 9.94. The number of sulfonamides is 1. The minimum Gasteiger partial charge on any atom is -0.394 e. The zero-order valence-corrected chi connectivity index (χ0v) is 15.8. The first-order valence-electron chi connectivity index (χ1n) is 9.15. The largest absolute Gasteiger partial charge is 0.394 e. The Labute approximate surface area is 155 Å². The van der Waals surface area contributed by atoms with Crippen LogP contribution in [0.1, 0.15) is 19.8 Å². The van der Waals surface area contributed by atoms with E-state index in [1.165, 1.54) is 12.1 Å². The molecular weight excluding hydrogens is 356 g/mol. The molecule has 3 N–H and O–H groups in total. The lowest BCUT2D eigenvalue weighted by molar-refractivity contribution is -0.0201. The summed E-state index contributed by atoms with van der Waals surface area (Å²) in [5, 5.41) is 20.1. The fourth-order valence-electron chi connectivity index (χ4n) is 3.80. The third kappa shape index (κ3) is 4.27. The zero-order chi connectivity index (χ0) is 18.7. The molecule has 0 amide bonds. The molecule has 146 valence electrons. The van der Waals surface area contributed by atoms with E-state index in [9.17, 15) is 18.6 Å². The minimum absolute atomic E-state index is 0.0571. The first-order chi connectivity index (χ1) is 12.4. The molecule has 2 heterocycles. The predicted molar refractivity (Wildman–Crippen MR) is 97.1 cm³/mol. The molecule has 2 saturated heterocycles. The van der Waals surface area contributed by atoms with Crippen LogP contribution in [0.3, 0.4) is 0 Å². The van der Waals surface area contributed by atoms with Crippen LogP contribution in [0.4, 0.5) is 0 Å². The zero-order valence-electron chi connectivity index (χ0n) is 15.0. The molecule has 2 aliphatic heterocycles. The average molecular weight is 384 g/mol. The monoisotopic (exact) mass is 384 g/mol. The van der Waals surface area contributed by atoms with Crippen molar-refractivity contribution in [3.63, 3.8) is 0 Å². The van der Waals surface area contributed by atoms with Gasteiger partial charge in [-0.2, -0.15) is 0 Å². The lowest BCUT2D eigenvalue weighted by Gasteiger charge is -2.38. The number of benzene rings is 1. The van der Waals surface area contributed by atoms with Crippen molar-refractivity contribution in [2.75, 3.05) is 26.2 Å². The number of hydrogen-bond donors (Lipinski definition) is 3. The number of ether oxygens (including phenoxy) is 1. The molecule has 0 bridgehead atoms. The van der Waals surface area contributed by atoms with Gasteiger partial charge in [0.1, 0.15) is 12.2 Å². The van der Waals surface area contributed by atoms with E-state index in [2.05, 4.69) is 16.5 Å². The van der Waals surface area contributed by atoms with Crippen LogP contribution in [0, 0.1) is 5.92 Å². The normalized spacial score (nSPS) is 31.3. The van der Waals surface area contributed by atoms with E-state index >= 15 is 0 Å². The van der Waals surface area contributed by atoms with E-state index in [1.807, 2.05) is 0 Å². The van der Waals surface area contributed by atoms with Gasteiger partial charge in [-0.3, -0.25) is 4.90 Å². The Morgan fingerprint density at radius 1 is 1.19 bits per heavy atom. The highest BCUT2D eigenvalue weighted by Gasteiger charge is 2.46. The van der Waals surface area contributed by atoms with Crippen LogP contribution in [0.2, 0.25) is 0 Å². The fraction of sp³-hybridized carbons (Fsp3) is 0.667. The molecule has 0 aliphatic carbocycles. The number of rotatable bonds is 6. The van der Waals surface area contributed by atoms with Gasteiger partial charge < -0.3 is 14.9 Å². The maximum absolute atomic E-state index is 12.5. The topological polar surface area (TPSA) is 99.1 Å². The van der Waals surface area contributed by atoms with Crippen LogP contribution in [-0.2, 0) is 14.8 Å². The summed E-state index contributed by atoms with van der Waals surface area (Å²) in [6.07, 6.45) is 0.0459. The van der Waals surface area contributed by atoms with Gasteiger partial charge in [-0.1, -0.05) is 25.1 Å². The quantitative estimate of drug-likeness (QED) is 0.647. The van der Waals surface area contributed by atoms with Crippen molar-refractivity contribution in [3.05, 3.63) is 30.3 Å². The third-order valence-electron chi connectivity index (χ3n) is 5.41. The Balaban J connectivity index is 1.70. The Hall–Kier alpha value is -1.03. The molecule has 3 rings (SSSR count). The van der Waals surface area contributed by atoms with Crippen molar-refractivity contribution in [1.82, 2.24) is 9.62 Å². The third-order valence-corrected chi connectivity index (χ3v) is 6.85. The van der Waals surface area contributed by atoms with Crippen molar-refractivity contribution < 1.29 is 23.4 Å². The summed E-state index contributed by atoms with van der Waals surface area (Å²) in [5.74, 6) is 0.648. The fourth-order valence-corrected chi connectivity index (χ4v) is 4.86. The van der Waals surface area contributed by atoms with Gasteiger partial charge in [0.2, 0.25) is 10.0 Å². The second-order valence-electron chi connectivity index (χ2n) is 7.26. The van der Waals surface area contributed by atoms with Crippen LogP contribution in [0.15, 0.2) is 35.2 Å². The standard InChI is InChI=1S/C18H28N2O5S/c1-13-7-9-20(10-8-13)17-15(25-16(12-21)18(17)22)11-19-26(23,24)14-5-3-2-4-6-14/h2-6,13,15-19,21-22H,7-12H2,1H3. The van der Waals surface area contributed by atoms with E-state index in [0.29, 0.717) is 5.92 Å². The molecule has 8 heteroatoms. The highest BCUT2D eigenvalue weighted by molar-refractivity contribution is 7.89. The number of aliphatic hydroxyl groups excluding tert-OH is 2. The van der Waals surface area contributed by atoms with Crippen molar-refractivity contribution in [2.24, 2.45) is 5.92 Å². The summed E-state index contributed by atoms with van der Waals surface area (Å²) >= 11 is 0. The molecule has 1 aromatic carbocycles. The Bertz CT molecular complexity index is 676. The van der Waals surface area contributed by atoms with Crippen molar-refractivity contribution in [3.8, 4) is 0 Å². The summed E-state index contributed by atoms with van der Waals surface area (Å²) < 4.78 is 33.3. The number of likely N-dealkylation sites (tertiary alicyclic amines) is 1. The van der Waals surface area contributed by atoms with Gasteiger partial charge in [0.05, 0.1) is 23.6 Å². The Morgan fingerprint density at radius 3 is 2.46 bits per heavy atom. The number of nitrogens with zero attached hydrogens (tertiary/aromatic N) is 1. The predicted octanol–water partition coefficient (Wildman–Crippen LogP) is 0.186. The summed E-state index contributed by atoms with van der Waals surface area (Å²) in [7, 11) is -3.65. The summed E-state index contributed by atoms with van der Waals surface area (Å²) in [6, 6.07) is 7.85. The second-order valence-corrected chi connectivity index (χ2v) is 9.03. The van der Waals surface area contributed by atoms with Crippen LogP contribution in [0.25, 0.3) is 0 Å². The highest BCUT2D eigenvalue weighted by Crippen LogP contribution is 2.29. The molecule has 1 aromatic rings. The molecule has 2 aliphatic rings. The van der Waals surface area contributed by atoms with E-state index in [0.717, 1.165) is 25.9 Å². The second kappa shape index (κ2) is 8.33. The molecule has 4 atom stereocenters. The van der Waals surface area contributed by atoms with E-state index < -0.39 is 28.3 Å². The van der Waals surface area contributed by atoms with Gasteiger partial charge in [0.15, 0.2) is 0 Å². The van der Waals surface area contributed by atoms with Gasteiger partial charge in [0.25, 0.3) is 0 Å². The molecule has 4 unspecified atom stereocenters.